The van der Waals surface area contributed by atoms with E-state index in [1.807, 2.05) is 13.8 Å². The molecule has 0 unspecified atom stereocenters. The van der Waals surface area contributed by atoms with Crippen molar-refractivity contribution in [3.63, 3.8) is 0 Å². The van der Waals surface area contributed by atoms with E-state index in [4.69, 9.17) is 4.74 Å². The topological polar surface area (TPSA) is 9.23 Å². The van der Waals surface area contributed by atoms with Crippen LogP contribution in [0.3, 0.4) is 0 Å². The number of allylic oxidation sites excluding steroid dienone is 2. The molecule has 18 heavy (non-hydrogen) atoms. The van der Waals surface area contributed by atoms with Crippen molar-refractivity contribution in [2.24, 2.45) is 0 Å². The molecule has 0 atom stereocenters. The molecule has 0 aromatic heterocycles. The second-order valence-corrected chi connectivity index (χ2v) is 4.02. The molecular formula is C14H21F3O. The van der Waals surface area contributed by atoms with Crippen molar-refractivity contribution in [1.82, 2.24) is 0 Å². The largest absolute Gasteiger partial charge is 0.476 e. The van der Waals surface area contributed by atoms with Crippen LogP contribution in [0.1, 0.15) is 52.4 Å². The van der Waals surface area contributed by atoms with Gasteiger partial charge in [0.2, 0.25) is 0 Å². The van der Waals surface area contributed by atoms with Crippen LogP contribution < -0.4 is 0 Å². The fourth-order valence-electron chi connectivity index (χ4n) is 1.16. The lowest BCUT2D eigenvalue weighted by Crippen LogP contribution is -2.16. The minimum Gasteiger partial charge on any atom is -0.476 e. The molecule has 0 rings (SSSR count). The summed E-state index contributed by atoms with van der Waals surface area (Å²) in [5.41, 5.74) is 0. The molecule has 0 aliphatic carbocycles. The van der Waals surface area contributed by atoms with Crippen LogP contribution in [0.5, 0.6) is 0 Å². The van der Waals surface area contributed by atoms with Crippen LogP contribution in [-0.4, -0.2) is 12.8 Å². The molecule has 0 radical (unpaired) electrons. The summed E-state index contributed by atoms with van der Waals surface area (Å²) >= 11 is 0. The molecule has 1 nitrogen and oxygen atoms in total. The summed E-state index contributed by atoms with van der Waals surface area (Å²) in [5, 5.41) is 0. The summed E-state index contributed by atoms with van der Waals surface area (Å²) in [5.74, 6) is 5.66. The molecular weight excluding hydrogens is 241 g/mol. The highest BCUT2D eigenvalue weighted by Crippen LogP contribution is 2.16. The Morgan fingerprint density at radius 3 is 2.39 bits per heavy atom. The van der Waals surface area contributed by atoms with E-state index in [1.54, 1.807) is 6.08 Å². The van der Waals surface area contributed by atoms with Gasteiger partial charge >= 0.3 is 6.18 Å². The zero-order valence-electron chi connectivity index (χ0n) is 11.1. The predicted octanol–water partition coefficient (Wildman–Crippen LogP) is 4.83. The summed E-state index contributed by atoms with van der Waals surface area (Å²) in [6, 6.07) is 0. The second-order valence-electron chi connectivity index (χ2n) is 4.02. The normalized spacial score (nSPS) is 11.9. The van der Waals surface area contributed by atoms with Crippen LogP contribution in [0.2, 0.25) is 0 Å². The summed E-state index contributed by atoms with van der Waals surface area (Å²) in [7, 11) is 0. The third-order valence-electron chi connectivity index (χ3n) is 2.15. The van der Waals surface area contributed by atoms with E-state index in [0.717, 1.165) is 25.7 Å². The van der Waals surface area contributed by atoms with Gasteiger partial charge in [-0.05, 0) is 31.3 Å². The van der Waals surface area contributed by atoms with Crippen molar-refractivity contribution in [3.8, 4) is 11.8 Å². The maximum Gasteiger partial charge on any atom is 0.422 e. The van der Waals surface area contributed by atoms with Gasteiger partial charge in [0.05, 0.1) is 0 Å². The molecule has 0 aliphatic rings. The Hall–Kier alpha value is -1.11. The average molecular weight is 262 g/mol. The van der Waals surface area contributed by atoms with E-state index in [-0.39, 0.29) is 5.76 Å². The molecule has 0 saturated heterocycles. The van der Waals surface area contributed by atoms with Crippen molar-refractivity contribution in [3.05, 3.63) is 11.8 Å². The van der Waals surface area contributed by atoms with E-state index >= 15 is 0 Å². The van der Waals surface area contributed by atoms with Gasteiger partial charge in [0.15, 0.2) is 12.4 Å². The van der Waals surface area contributed by atoms with E-state index in [0.29, 0.717) is 12.8 Å². The Morgan fingerprint density at radius 2 is 1.83 bits per heavy atom. The van der Waals surface area contributed by atoms with Crippen LogP contribution in [-0.2, 0) is 4.74 Å². The van der Waals surface area contributed by atoms with Gasteiger partial charge in [-0.2, -0.15) is 13.2 Å². The SMILES string of the molecule is CCCCC#C/C(=C/CCCC)OCC(F)(F)F. The number of halogens is 3. The second kappa shape index (κ2) is 9.87. The molecule has 0 aromatic carbocycles. The smallest absolute Gasteiger partial charge is 0.422 e. The number of ether oxygens (including phenoxy) is 1. The third-order valence-corrected chi connectivity index (χ3v) is 2.15. The van der Waals surface area contributed by atoms with Gasteiger partial charge in [0, 0.05) is 6.42 Å². The van der Waals surface area contributed by atoms with Crippen molar-refractivity contribution in [2.75, 3.05) is 6.61 Å². The average Bonchev–Trinajstić information content (AvgIpc) is 2.29. The van der Waals surface area contributed by atoms with Crippen LogP contribution in [0.15, 0.2) is 11.8 Å². The Bertz CT molecular complexity index is 294. The molecule has 0 aromatic rings. The number of alkyl halides is 3. The molecule has 0 fully saturated rings. The fourth-order valence-corrected chi connectivity index (χ4v) is 1.16. The highest BCUT2D eigenvalue weighted by Gasteiger charge is 2.28. The summed E-state index contributed by atoms with van der Waals surface area (Å²) in [4.78, 5) is 0. The van der Waals surface area contributed by atoms with Crippen LogP contribution in [0, 0.1) is 11.8 Å². The summed E-state index contributed by atoms with van der Waals surface area (Å²) in [6.45, 7) is 2.80. The van der Waals surface area contributed by atoms with Crippen LogP contribution in [0.4, 0.5) is 13.2 Å². The van der Waals surface area contributed by atoms with E-state index in [9.17, 15) is 13.2 Å². The molecule has 104 valence electrons. The summed E-state index contributed by atoms with van der Waals surface area (Å²) < 4.78 is 40.8. The Kier molecular flexibility index (Phi) is 9.26. The maximum atomic E-state index is 12.0. The molecule has 0 aliphatic heterocycles. The maximum absolute atomic E-state index is 12.0. The van der Waals surface area contributed by atoms with Gasteiger partial charge in [-0.1, -0.05) is 32.6 Å². The van der Waals surface area contributed by atoms with Gasteiger partial charge in [-0.15, -0.1) is 0 Å². The molecule has 0 saturated carbocycles. The van der Waals surface area contributed by atoms with Crippen molar-refractivity contribution in [1.29, 1.82) is 0 Å². The molecule has 0 spiro atoms. The van der Waals surface area contributed by atoms with E-state index in [1.165, 1.54) is 0 Å². The molecule has 0 N–H and O–H groups in total. The monoisotopic (exact) mass is 262 g/mol. The van der Waals surface area contributed by atoms with Crippen molar-refractivity contribution in [2.45, 2.75) is 58.5 Å². The predicted molar refractivity (Wildman–Crippen MR) is 66.9 cm³/mol. The van der Waals surface area contributed by atoms with E-state index in [2.05, 4.69) is 11.8 Å². The zero-order chi connectivity index (χ0) is 13.9. The van der Waals surface area contributed by atoms with Crippen LogP contribution >= 0.6 is 0 Å². The highest BCUT2D eigenvalue weighted by molar-refractivity contribution is 5.23. The van der Waals surface area contributed by atoms with Gasteiger partial charge in [-0.3, -0.25) is 0 Å². The van der Waals surface area contributed by atoms with Crippen molar-refractivity contribution < 1.29 is 17.9 Å². The summed E-state index contributed by atoms with van der Waals surface area (Å²) in [6.07, 6.45) is 2.62. The first-order valence-corrected chi connectivity index (χ1v) is 6.38. The Morgan fingerprint density at radius 1 is 1.17 bits per heavy atom. The standard InChI is InChI=1S/C14H21F3O/c1-3-5-7-9-11-13(10-8-6-4-2)18-12-14(15,16)17/h10H,3-8,12H2,1-2H3/b13-10-. The zero-order valence-corrected chi connectivity index (χ0v) is 11.1. The minimum absolute atomic E-state index is 0.150. The Balaban J connectivity index is 4.31. The number of rotatable bonds is 7. The van der Waals surface area contributed by atoms with Crippen LogP contribution in [0.25, 0.3) is 0 Å². The number of hydrogen-bond acceptors (Lipinski definition) is 1. The van der Waals surface area contributed by atoms with Crippen molar-refractivity contribution >= 4 is 0 Å². The van der Waals surface area contributed by atoms with Gasteiger partial charge in [0.25, 0.3) is 0 Å². The third kappa shape index (κ3) is 11.4. The number of unbranched alkanes of at least 4 members (excludes halogenated alkanes) is 4. The van der Waals surface area contributed by atoms with Gasteiger partial charge < -0.3 is 4.74 Å². The molecule has 4 heteroatoms. The van der Waals surface area contributed by atoms with Gasteiger partial charge in [0.1, 0.15) is 0 Å². The molecule has 0 amide bonds. The quantitative estimate of drug-likeness (QED) is 0.362. The number of hydrogen-bond donors (Lipinski definition) is 0. The first-order valence-electron chi connectivity index (χ1n) is 6.38. The Labute approximate surface area is 107 Å². The first-order chi connectivity index (χ1) is 8.49. The first kappa shape index (κ1) is 16.9. The lowest BCUT2D eigenvalue weighted by atomic mass is 10.2. The molecule has 0 bridgehead atoms. The molecule has 0 heterocycles. The highest BCUT2D eigenvalue weighted by atomic mass is 19.4. The lowest BCUT2D eigenvalue weighted by Gasteiger charge is -2.08. The lowest BCUT2D eigenvalue weighted by molar-refractivity contribution is -0.163. The van der Waals surface area contributed by atoms with E-state index < -0.39 is 12.8 Å². The minimum atomic E-state index is -4.31. The van der Waals surface area contributed by atoms with Gasteiger partial charge in [-0.25, -0.2) is 0 Å². The fraction of sp³-hybridized carbons (Fsp3) is 0.714.